The maximum atomic E-state index is 13.2. The van der Waals surface area contributed by atoms with E-state index in [1.165, 1.54) is 12.1 Å². The van der Waals surface area contributed by atoms with Crippen LogP contribution in [0.1, 0.15) is 30.1 Å². The summed E-state index contributed by atoms with van der Waals surface area (Å²) in [4.78, 5) is 28.7. The maximum Gasteiger partial charge on any atom is 0.219 e. The van der Waals surface area contributed by atoms with Crippen LogP contribution in [0.3, 0.4) is 0 Å². The Bertz CT molecular complexity index is 699. The van der Waals surface area contributed by atoms with Crippen LogP contribution in [0, 0.1) is 11.7 Å². The number of nitrogens with zero attached hydrogens (tertiary/aromatic N) is 1. The van der Waals surface area contributed by atoms with E-state index in [1.54, 1.807) is 24.1 Å². The molecule has 0 aliphatic carbocycles. The van der Waals surface area contributed by atoms with Crippen LogP contribution >= 0.6 is 0 Å². The third-order valence-electron chi connectivity index (χ3n) is 4.22. The van der Waals surface area contributed by atoms with E-state index in [0.29, 0.717) is 37.0 Å². The molecule has 0 atom stereocenters. The van der Waals surface area contributed by atoms with Crippen LogP contribution in [0.5, 0.6) is 0 Å². The molecule has 4 nitrogen and oxygen atoms in total. The lowest BCUT2D eigenvalue weighted by Gasteiger charge is -2.30. The van der Waals surface area contributed by atoms with Crippen molar-refractivity contribution in [3.8, 4) is 0 Å². The zero-order valence-electron chi connectivity index (χ0n) is 11.9. The number of nitrogens with one attached hydrogen (secondary N) is 1. The van der Waals surface area contributed by atoms with Gasteiger partial charge in [0.05, 0.1) is 0 Å². The van der Waals surface area contributed by atoms with Crippen LogP contribution in [0.25, 0.3) is 10.9 Å². The summed E-state index contributed by atoms with van der Waals surface area (Å²) in [5.74, 6) is -0.248. The van der Waals surface area contributed by atoms with Gasteiger partial charge >= 0.3 is 0 Å². The number of hydrogen-bond acceptors (Lipinski definition) is 2. The van der Waals surface area contributed by atoms with Crippen LogP contribution in [0.4, 0.5) is 4.39 Å². The van der Waals surface area contributed by atoms with Crippen molar-refractivity contribution in [1.29, 1.82) is 0 Å². The van der Waals surface area contributed by atoms with Crippen molar-refractivity contribution in [3.05, 3.63) is 35.8 Å². The van der Waals surface area contributed by atoms with Gasteiger partial charge in [0.2, 0.25) is 5.91 Å². The van der Waals surface area contributed by atoms with Crippen molar-refractivity contribution < 1.29 is 14.0 Å². The lowest BCUT2D eigenvalue weighted by atomic mass is 9.88. The van der Waals surface area contributed by atoms with Gasteiger partial charge < -0.3 is 9.88 Å². The lowest BCUT2D eigenvalue weighted by molar-refractivity contribution is -0.130. The van der Waals surface area contributed by atoms with Gasteiger partial charge in [-0.05, 0) is 31.0 Å². The highest BCUT2D eigenvalue weighted by Gasteiger charge is 2.28. The largest absolute Gasteiger partial charge is 0.360 e. The Labute approximate surface area is 121 Å². The fourth-order valence-electron chi connectivity index (χ4n) is 2.98. The molecule has 1 saturated heterocycles. The monoisotopic (exact) mass is 288 g/mol. The van der Waals surface area contributed by atoms with E-state index in [-0.39, 0.29) is 23.4 Å². The molecule has 1 amide bonds. The molecule has 0 saturated carbocycles. The number of hydrogen-bond donors (Lipinski definition) is 1. The number of halogens is 1. The number of fused-ring (bicyclic) bond motifs is 1. The highest BCUT2D eigenvalue weighted by atomic mass is 19.1. The summed E-state index contributed by atoms with van der Waals surface area (Å²) in [7, 11) is 0. The second kappa shape index (κ2) is 5.31. The van der Waals surface area contributed by atoms with Gasteiger partial charge in [-0.15, -0.1) is 0 Å². The Balaban J connectivity index is 1.80. The number of rotatable bonds is 2. The number of benzene rings is 1. The van der Waals surface area contributed by atoms with Crippen molar-refractivity contribution in [2.45, 2.75) is 19.8 Å². The second-order valence-corrected chi connectivity index (χ2v) is 5.54. The van der Waals surface area contributed by atoms with Crippen LogP contribution in [0.15, 0.2) is 24.4 Å². The molecule has 1 aliphatic rings. The SMILES string of the molecule is CC(=O)N1CCC(C(=O)c2c[nH]c3cc(F)ccc23)CC1. The first-order chi connectivity index (χ1) is 10.1. The number of carbonyl (C=O) groups excluding carboxylic acids is 2. The number of amides is 1. The molecule has 1 fully saturated rings. The fourth-order valence-corrected chi connectivity index (χ4v) is 2.98. The highest BCUT2D eigenvalue weighted by molar-refractivity contribution is 6.08. The predicted octanol–water partition coefficient (Wildman–Crippen LogP) is 2.75. The van der Waals surface area contributed by atoms with Crippen LogP contribution in [-0.2, 0) is 4.79 Å². The smallest absolute Gasteiger partial charge is 0.219 e. The molecular formula is C16H17FN2O2. The van der Waals surface area contributed by atoms with Gasteiger partial charge in [0.15, 0.2) is 5.78 Å². The zero-order valence-corrected chi connectivity index (χ0v) is 11.9. The van der Waals surface area contributed by atoms with Gasteiger partial charge in [-0.1, -0.05) is 0 Å². The number of aromatic nitrogens is 1. The van der Waals surface area contributed by atoms with Crippen LogP contribution in [-0.4, -0.2) is 34.7 Å². The number of piperidine rings is 1. The van der Waals surface area contributed by atoms with Gasteiger partial charge in [-0.2, -0.15) is 0 Å². The quantitative estimate of drug-likeness (QED) is 0.864. The van der Waals surface area contributed by atoms with Gasteiger partial charge in [-0.3, -0.25) is 9.59 Å². The number of ketones is 1. The first kappa shape index (κ1) is 13.8. The number of likely N-dealkylation sites (tertiary alicyclic amines) is 1. The van der Waals surface area contributed by atoms with Gasteiger partial charge in [-0.25, -0.2) is 4.39 Å². The van der Waals surface area contributed by atoms with Crippen molar-refractivity contribution in [3.63, 3.8) is 0 Å². The molecule has 0 unspecified atom stereocenters. The third-order valence-corrected chi connectivity index (χ3v) is 4.22. The summed E-state index contributed by atoms with van der Waals surface area (Å²) in [5.41, 5.74) is 1.26. The van der Waals surface area contributed by atoms with Crippen molar-refractivity contribution >= 4 is 22.6 Å². The number of Topliss-reactive ketones (excluding diaryl/α,β-unsaturated/α-hetero) is 1. The molecule has 5 heteroatoms. The molecule has 2 aromatic rings. The molecule has 2 heterocycles. The Morgan fingerprint density at radius 1 is 1.29 bits per heavy atom. The topological polar surface area (TPSA) is 53.2 Å². The van der Waals surface area contributed by atoms with Gasteiger partial charge in [0.25, 0.3) is 0 Å². The van der Waals surface area contributed by atoms with E-state index in [1.807, 2.05) is 0 Å². The van der Waals surface area contributed by atoms with Crippen LogP contribution < -0.4 is 0 Å². The Morgan fingerprint density at radius 3 is 2.67 bits per heavy atom. The molecule has 1 N–H and O–H groups in total. The van der Waals surface area contributed by atoms with Crippen LogP contribution in [0.2, 0.25) is 0 Å². The second-order valence-electron chi connectivity index (χ2n) is 5.54. The molecule has 1 aliphatic heterocycles. The Kier molecular flexibility index (Phi) is 3.49. The number of carbonyl (C=O) groups is 2. The van der Waals surface area contributed by atoms with E-state index < -0.39 is 0 Å². The van der Waals surface area contributed by atoms with E-state index in [4.69, 9.17) is 0 Å². The van der Waals surface area contributed by atoms with E-state index in [9.17, 15) is 14.0 Å². The van der Waals surface area contributed by atoms with E-state index in [2.05, 4.69) is 4.98 Å². The summed E-state index contributed by atoms with van der Waals surface area (Å²) in [6, 6.07) is 4.40. The molecule has 21 heavy (non-hydrogen) atoms. The van der Waals surface area contributed by atoms with E-state index >= 15 is 0 Å². The van der Waals surface area contributed by atoms with E-state index in [0.717, 1.165) is 5.39 Å². The molecular weight excluding hydrogens is 271 g/mol. The minimum atomic E-state index is -0.321. The molecule has 0 radical (unpaired) electrons. The molecule has 1 aromatic heterocycles. The molecule has 0 bridgehead atoms. The van der Waals surface area contributed by atoms with Crippen molar-refractivity contribution in [2.75, 3.05) is 13.1 Å². The van der Waals surface area contributed by atoms with Crippen molar-refractivity contribution in [2.24, 2.45) is 5.92 Å². The minimum absolute atomic E-state index is 0.0588. The molecule has 3 rings (SSSR count). The van der Waals surface area contributed by atoms with Crippen molar-refractivity contribution in [1.82, 2.24) is 9.88 Å². The first-order valence-corrected chi connectivity index (χ1v) is 7.12. The predicted molar refractivity (Wildman–Crippen MR) is 77.6 cm³/mol. The number of H-pyrrole nitrogens is 1. The highest BCUT2D eigenvalue weighted by Crippen LogP contribution is 2.26. The minimum Gasteiger partial charge on any atom is -0.360 e. The first-order valence-electron chi connectivity index (χ1n) is 7.12. The molecule has 1 aromatic carbocycles. The maximum absolute atomic E-state index is 13.2. The average molecular weight is 288 g/mol. The number of aromatic amines is 1. The third kappa shape index (κ3) is 2.55. The Hall–Kier alpha value is -2.17. The van der Waals surface area contributed by atoms with Gasteiger partial charge in [0.1, 0.15) is 5.82 Å². The summed E-state index contributed by atoms with van der Waals surface area (Å²) in [6.45, 7) is 2.81. The molecule has 110 valence electrons. The lowest BCUT2D eigenvalue weighted by Crippen LogP contribution is -2.39. The normalized spacial score (nSPS) is 16.4. The molecule has 0 spiro atoms. The summed E-state index contributed by atoms with van der Waals surface area (Å²) < 4.78 is 13.2. The Morgan fingerprint density at radius 2 is 2.00 bits per heavy atom. The zero-order chi connectivity index (χ0) is 15.0. The van der Waals surface area contributed by atoms with Gasteiger partial charge in [0, 0.05) is 48.6 Å². The fraction of sp³-hybridized carbons (Fsp3) is 0.375. The summed E-state index contributed by atoms with van der Waals surface area (Å²) in [6.07, 6.45) is 3.03. The standard InChI is InChI=1S/C16H17FN2O2/c1-10(20)19-6-4-11(5-7-19)16(21)14-9-18-15-8-12(17)2-3-13(14)15/h2-3,8-9,11,18H,4-7H2,1H3. The summed E-state index contributed by atoms with van der Waals surface area (Å²) in [5, 5.41) is 0.760. The summed E-state index contributed by atoms with van der Waals surface area (Å²) >= 11 is 0. The average Bonchev–Trinajstić information content (AvgIpc) is 2.89.